The van der Waals surface area contributed by atoms with Gasteiger partial charge in [-0.3, -0.25) is 4.98 Å². The molecule has 3 aliphatic rings. The van der Waals surface area contributed by atoms with Crippen LogP contribution in [0.3, 0.4) is 0 Å². The molecule has 7 heteroatoms. The van der Waals surface area contributed by atoms with Crippen LogP contribution in [0.15, 0.2) is 48.7 Å². The van der Waals surface area contributed by atoms with Crippen molar-refractivity contribution >= 4 is 6.29 Å². The van der Waals surface area contributed by atoms with Crippen LogP contribution in [0.25, 0.3) is 0 Å². The molecule has 2 fully saturated rings. The van der Waals surface area contributed by atoms with E-state index in [1.807, 2.05) is 33.4 Å². The number of aryl methyl sites for hydroxylation is 3. The molecule has 0 amide bonds. The Bertz CT molecular complexity index is 825. The van der Waals surface area contributed by atoms with Gasteiger partial charge >= 0.3 is 0 Å². The van der Waals surface area contributed by atoms with Gasteiger partial charge in [0.05, 0.1) is 0 Å². The van der Waals surface area contributed by atoms with Crippen LogP contribution in [-0.2, 0) is 24.1 Å². The lowest BCUT2D eigenvalue weighted by molar-refractivity contribution is -0.110. The van der Waals surface area contributed by atoms with Gasteiger partial charge in [0.25, 0.3) is 0 Å². The van der Waals surface area contributed by atoms with Gasteiger partial charge in [-0.1, -0.05) is 49.2 Å². The Hall–Kier alpha value is -2.16. The van der Waals surface area contributed by atoms with Crippen LogP contribution in [0.1, 0.15) is 74.6 Å². The average Bonchev–Trinajstić information content (AvgIpc) is 3.58. The molecule has 5 rings (SSSR count). The van der Waals surface area contributed by atoms with Crippen LogP contribution in [0.5, 0.6) is 0 Å². The minimum absolute atomic E-state index is 0.417. The fourth-order valence-corrected chi connectivity index (χ4v) is 5.16. The molecule has 0 unspecified atom stereocenters. The Morgan fingerprint density at radius 2 is 1.62 bits per heavy atom. The third-order valence-corrected chi connectivity index (χ3v) is 7.56. The quantitative estimate of drug-likeness (QED) is 0.253. The highest BCUT2D eigenvalue weighted by atomic mass is 16.1. The molecule has 0 spiro atoms. The highest BCUT2D eigenvalue weighted by Gasteiger charge is 2.12. The summed E-state index contributed by atoms with van der Waals surface area (Å²) in [6.07, 6.45) is 17.7. The first-order valence-electron chi connectivity index (χ1n) is 16.5. The Kier molecular flexibility index (Phi) is 24.9. The van der Waals surface area contributed by atoms with E-state index in [2.05, 4.69) is 62.2 Å². The SMILES string of the molecule is CNC.CNCCCCN.O=CC1CCCC1.c1ccc(CCCN2CCNCC2)cc1.c1cnc2c(c1)CCCC2. The fourth-order valence-electron chi connectivity index (χ4n) is 5.16. The standard InChI is InChI=1S/C13H20N2.C9H11N.C6H10O.C5H14N2.C2H7N/c1-2-5-13(6-3-1)7-4-10-15-11-8-14-9-12-15;1-2-6-9-8(4-1)5-3-7-10-9;7-5-6-3-1-2-4-6;1-7-5-3-2-4-6;1-3-2/h1-3,5-6,14H,4,7-12H2;3,5,7H,1-2,4,6H2;5-6H,1-4H2;7H,2-6H2,1H3;3H,1-2H3. The van der Waals surface area contributed by atoms with Crippen molar-refractivity contribution in [1.82, 2.24) is 25.8 Å². The number of rotatable bonds is 9. The molecule has 1 aromatic heterocycles. The lowest BCUT2D eigenvalue weighted by Gasteiger charge is -2.27. The number of nitrogens with zero attached hydrogens (tertiary/aromatic N) is 2. The largest absolute Gasteiger partial charge is 0.330 e. The van der Waals surface area contributed by atoms with Gasteiger partial charge in [-0.05, 0) is 122 Å². The molecule has 7 nitrogen and oxygen atoms in total. The zero-order chi connectivity index (χ0) is 30.5. The minimum Gasteiger partial charge on any atom is -0.330 e. The second-order valence-electron chi connectivity index (χ2n) is 11.3. The number of fused-ring (bicyclic) bond motifs is 1. The Morgan fingerprint density at radius 1 is 0.929 bits per heavy atom. The molecular formula is C35H62N6O. The first-order chi connectivity index (χ1) is 20.7. The molecule has 238 valence electrons. The van der Waals surface area contributed by atoms with E-state index >= 15 is 0 Å². The normalized spacial score (nSPS) is 16.1. The Labute approximate surface area is 257 Å². The number of nitrogens with two attached hydrogens (primary N) is 1. The highest BCUT2D eigenvalue weighted by Crippen LogP contribution is 2.22. The van der Waals surface area contributed by atoms with E-state index in [0.717, 1.165) is 51.7 Å². The number of piperazine rings is 1. The van der Waals surface area contributed by atoms with Gasteiger partial charge in [-0.2, -0.15) is 0 Å². The van der Waals surface area contributed by atoms with Crippen molar-refractivity contribution in [1.29, 1.82) is 0 Å². The molecular weight excluding hydrogens is 520 g/mol. The molecule has 2 aliphatic carbocycles. The number of benzene rings is 1. The van der Waals surface area contributed by atoms with Crippen molar-refractivity contribution in [3.8, 4) is 0 Å². The number of pyridine rings is 1. The van der Waals surface area contributed by atoms with E-state index in [0.29, 0.717) is 5.92 Å². The summed E-state index contributed by atoms with van der Waals surface area (Å²) >= 11 is 0. The van der Waals surface area contributed by atoms with Gasteiger partial charge in [0.15, 0.2) is 0 Å². The molecule has 0 bridgehead atoms. The van der Waals surface area contributed by atoms with Gasteiger partial charge in [-0.25, -0.2) is 0 Å². The topological polar surface area (TPSA) is 95.3 Å². The maximum atomic E-state index is 10.0. The number of hydrogen-bond donors (Lipinski definition) is 4. The number of aromatic nitrogens is 1. The van der Waals surface area contributed by atoms with Gasteiger partial charge in [-0.15, -0.1) is 0 Å². The predicted molar refractivity (Wildman–Crippen MR) is 180 cm³/mol. The number of unbranched alkanes of at least 4 members (excludes halogenated alkanes) is 1. The monoisotopic (exact) mass is 582 g/mol. The van der Waals surface area contributed by atoms with Crippen molar-refractivity contribution < 1.29 is 4.79 Å². The van der Waals surface area contributed by atoms with Crippen molar-refractivity contribution in [2.24, 2.45) is 11.7 Å². The summed E-state index contributed by atoms with van der Waals surface area (Å²) in [5.41, 5.74) is 9.50. The number of carbonyl (C=O) groups excluding carboxylic acids is 1. The Morgan fingerprint density at radius 3 is 2.21 bits per heavy atom. The van der Waals surface area contributed by atoms with Crippen LogP contribution < -0.4 is 21.7 Å². The summed E-state index contributed by atoms with van der Waals surface area (Å²) in [5, 5.41) is 9.18. The van der Waals surface area contributed by atoms with Crippen LogP contribution >= 0.6 is 0 Å². The molecule has 0 atom stereocenters. The molecule has 1 saturated heterocycles. The van der Waals surface area contributed by atoms with E-state index in [9.17, 15) is 4.79 Å². The molecule has 1 aliphatic heterocycles. The molecule has 0 radical (unpaired) electrons. The second kappa shape index (κ2) is 27.7. The highest BCUT2D eigenvalue weighted by molar-refractivity contribution is 5.53. The lowest BCUT2D eigenvalue weighted by Crippen LogP contribution is -2.43. The number of nitrogens with one attached hydrogen (secondary N) is 3. The van der Waals surface area contributed by atoms with Crippen molar-refractivity contribution in [2.45, 2.75) is 77.0 Å². The zero-order valence-corrected chi connectivity index (χ0v) is 27.1. The van der Waals surface area contributed by atoms with Crippen LogP contribution in [0, 0.1) is 5.92 Å². The van der Waals surface area contributed by atoms with Crippen molar-refractivity contribution in [2.75, 3.05) is 67.0 Å². The molecule has 1 aromatic carbocycles. The number of aldehydes is 1. The second-order valence-corrected chi connectivity index (χ2v) is 11.3. The van der Waals surface area contributed by atoms with E-state index in [4.69, 9.17) is 5.73 Å². The third kappa shape index (κ3) is 19.9. The smallest absolute Gasteiger partial charge is 0.123 e. The lowest BCUT2D eigenvalue weighted by atomic mass is 9.96. The maximum Gasteiger partial charge on any atom is 0.123 e. The van der Waals surface area contributed by atoms with E-state index in [1.165, 1.54) is 94.2 Å². The first kappa shape index (κ1) is 37.9. The molecule has 1 saturated carbocycles. The minimum atomic E-state index is 0.417. The van der Waals surface area contributed by atoms with Crippen LogP contribution in [0.4, 0.5) is 0 Å². The van der Waals surface area contributed by atoms with Gasteiger partial charge < -0.3 is 31.4 Å². The number of carbonyl (C=O) groups is 1. The average molecular weight is 583 g/mol. The van der Waals surface area contributed by atoms with Crippen molar-refractivity contribution in [3.63, 3.8) is 0 Å². The summed E-state index contributed by atoms with van der Waals surface area (Å²) in [4.78, 5) is 16.9. The summed E-state index contributed by atoms with van der Waals surface area (Å²) in [6.45, 7) is 7.91. The van der Waals surface area contributed by atoms with Gasteiger partial charge in [0.1, 0.15) is 6.29 Å². The van der Waals surface area contributed by atoms with Gasteiger partial charge in [0.2, 0.25) is 0 Å². The molecule has 42 heavy (non-hydrogen) atoms. The van der Waals surface area contributed by atoms with E-state index < -0.39 is 0 Å². The Balaban J connectivity index is 0.000000285. The summed E-state index contributed by atoms with van der Waals surface area (Å²) in [5.74, 6) is 0.417. The summed E-state index contributed by atoms with van der Waals surface area (Å²) < 4.78 is 0. The van der Waals surface area contributed by atoms with Gasteiger partial charge in [0, 0.05) is 44.0 Å². The van der Waals surface area contributed by atoms with E-state index in [-0.39, 0.29) is 0 Å². The molecule has 2 aromatic rings. The maximum absolute atomic E-state index is 10.0. The summed E-state index contributed by atoms with van der Waals surface area (Å²) in [7, 11) is 5.70. The molecule has 2 heterocycles. The zero-order valence-electron chi connectivity index (χ0n) is 27.1. The van der Waals surface area contributed by atoms with Crippen molar-refractivity contribution in [3.05, 3.63) is 65.5 Å². The predicted octanol–water partition coefficient (Wildman–Crippen LogP) is 4.64. The van der Waals surface area contributed by atoms with Crippen LogP contribution in [-0.4, -0.2) is 83.1 Å². The van der Waals surface area contributed by atoms with Crippen LogP contribution in [0.2, 0.25) is 0 Å². The summed E-state index contributed by atoms with van der Waals surface area (Å²) in [6, 6.07) is 15.0. The van der Waals surface area contributed by atoms with E-state index in [1.54, 1.807) is 0 Å². The number of hydrogen-bond acceptors (Lipinski definition) is 7. The first-order valence-corrected chi connectivity index (χ1v) is 16.5. The third-order valence-electron chi connectivity index (χ3n) is 7.56. The molecule has 5 N–H and O–H groups in total. The fraction of sp³-hybridized carbons (Fsp3) is 0.657.